The second-order valence-corrected chi connectivity index (χ2v) is 8.24. The van der Waals surface area contributed by atoms with Crippen LogP contribution in [-0.4, -0.2) is 70.4 Å². The van der Waals surface area contributed by atoms with E-state index in [0.717, 1.165) is 29.6 Å². The average Bonchev–Trinajstić information content (AvgIpc) is 3.28. The summed E-state index contributed by atoms with van der Waals surface area (Å²) in [5.74, 6) is -0.952. The monoisotopic (exact) mass is 448 g/mol. The van der Waals surface area contributed by atoms with Crippen molar-refractivity contribution >= 4 is 28.8 Å². The van der Waals surface area contributed by atoms with Crippen molar-refractivity contribution in [1.29, 1.82) is 0 Å². The Morgan fingerprint density at radius 2 is 1.88 bits per heavy atom. The molecule has 3 aromatic rings. The smallest absolute Gasteiger partial charge is 0.310 e. The lowest BCUT2D eigenvalue weighted by Crippen LogP contribution is -2.47. The summed E-state index contributed by atoms with van der Waals surface area (Å²) in [5.41, 5.74) is 3.29. The number of benzene rings is 2. The molecule has 4 rings (SSSR count). The third-order valence-electron chi connectivity index (χ3n) is 5.96. The zero-order valence-corrected chi connectivity index (χ0v) is 18.9. The maximum Gasteiger partial charge on any atom is 0.310 e. The van der Waals surface area contributed by atoms with Crippen molar-refractivity contribution in [3.8, 4) is 5.69 Å². The van der Waals surface area contributed by atoms with E-state index in [2.05, 4.69) is 4.98 Å². The first-order chi connectivity index (χ1) is 16.0. The van der Waals surface area contributed by atoms with Crippen molar-refractivity contribution in [3.05, 3.63) is 60.4 Å². The fourth-order valence-electron chi connectivity index (χ4n) is 4.18. The number of amides is 2. The molecule has 0 aliphatic carbocycles. The normalized spacial score (nSPS) is 15.9. The summed E-state index contributed by atoms with van der Waals surface area (Å²) >= 11 is 0. The highest BCUT2D eigenvalue weighted by atomic mass is 16.5. The summed E-state index contributed by atoms with van der Waals surface area (Å²) < 4.78 is 7.06. The molecule has 1 fully saturated rings. The number of carbonyl (C=O) groups is 3. The summed E-state index contributed by atoms with van der Waals surface area (Å²) in [6.45, 7) is 2.99. The number of rotatable bonds is 6. The van der Waals surface area contributed by atoms with Crippen LogP contribution >= 0.6 is 0 Å². The van der Waals surface area contributed by atoms with Crippen molar-refractivity contribution in [2.75, 3.05) is 33.3 Å². The van der Waals surface area contributed by atoms with E-state index in [1.54, 1.807) is 37.3 Å². The maximum absolute atomic E-state index is 12.9. The SMILES string of the molecule is CCOC(=O)C1CCCN(C(=O)CN(C)C(=O)c2ccc(-n3cnc4ccccc43)cc2)C1. The predicted octanol–water partition coefficient (Wildman–Crippen LogP) is 2.90. The molecule has 2 aromatic carbocycles. The van der Waals surface area contributed by atoms with Gasteiger partial charge in [-0.1, -0.05) is 12.1 Å². The van der Waals surface area contributed by atoms with E-state index < -0.39 is 0 Å². The van der Waals surface area contributed by atoms with Gasteiger partial charge in [-0.15, -0.1) is 0 Å². The van der Waals surface area contributed by atoms with Crippen molar-refractivity contribution in [2.24, 2.45) is 5.92 Å². The number of hydrogen-bond donors (Lipinski definition) is 0. The molecule has 0 saturated carbocycles. The maximum atomic E-state index is 12.9. The Morgan fingerprint density at radius 3 is 2.64 bits per heavy atom. The number of ether oxygens (including phenoxy) is 1. The second kappa shape index (κ2) is 9.85. The Bertz CT molecular complexity index is 1150. The highest BCUT2D eigenvalue weighted by molar-refractivity contribution is 5.96. The molecule has 1 aliphatic rings. The number of para-hydroxylation sites is 2. The standard InChI is InChI=1S/C25H28N4O4/c1-3-33-25(32)19-7-6-14-28(15-19)23(30)16-27(2)24(31)18-10-12-20(13-11-18)29-17-26-21-8-4-5-9-22(21)29/h4-5,8-13,17,19H,3,6-7,14-16H2,1-2H3. The quantitative estimate of drug-likeness (QED) is 0.542. The van der Waals surface area contributed by atoms with Gasteiger partial charge in [-0.2, -0.15) is 0 Å². The fraction of sp³-hybridized carbons (Fsp3) is 0.360. The number of nitrogens with zero attached hydrogens (tertiary/aromatic N) is 4. The number of fused-ring (bicyclic) bond motifs is 1. The molecule has 1 saturated heterocycles. The largest absolute Gasteiger partial charge is 0.466 e. The van der Waals surface area contributed by atoms with Gasteiger partial charge in [0, 0.05) is 31.4 Å². The first-order valence-electron chi connectivity index (χ1n) is 11.2. The van der Waals surface area contributed by atoms with E-state index >= 15 is 0 Å². The molecule has 1 atom stereocenters. The van der Waals surface area contributed by atoms with E-state index in [-0.39, 0.29) is 30.2 Å². The lowest BCUT2D eigenvalue weighted by Gasteiger charge is -2.32. The van der Waals surface area contributed by atoms with Gasteiger partial charge in [-0.3, -0.25) is 19.0 Å². The van der Waals surface area contributed by atoms with Gasteiger partial charge in [0.15, 0.2) is 0 Å². The summed E-state index contributed by atoms with van der Waals surface area (Å²) in [6, 6.07) is 15.1. The molecule has 8 nitrogen and oxygen atoms in total. The minimum absolute atomic E-state index is 0.0394. The third-order valence-corrected chi connectivity index (χ3v) is 5.96. The zero-order valence-electron chi connectivity index (χ0n) is 18.9. The molecule has 33 heavy (non-hydrogen) atoms. The Morgan fingerprint density at radius 1 is 1.12 bits per heavy atom. The lowest BCUT2D eigenvalue weighted by molar-refractivity contribution is -0.151. The van der Waals surface area contributed by atoms with Gasteiger partial charge in [0.05, 0.1) is 30.1 Å². The molecule has 0 N–H and O–H groups in total. The molecule has 1 aliphatic heterocycles. The van der Waals surface area contributed by atoms with Crippen LogP contribution in [0.3, 0.4) is 0 Å². The Hall–Kier alpha value is -3.68. The van der Waals surface area contributed by atoms with Crippen molar-refractivity contribution in [2.45, 2.75) is 19.8 Å². The van der Waals surface area contributed by atoms with E-state index in [0.29, 0.717) is 25.3 Å². The van der Waals surface area contributed by atoms with Crippen molar-refractivity contribution in [3.63, 3.8) is 0 Å². The van der Waals surface area contributed by atoms with E-state index in [9.17, 15) is 14.4 Å². The van der Waals surface area contributed by atoms with Crippen molar-refractivity contribution < 1.29 is 19.1 Å². The number of esters is 1. The number of carbonyl (C=O) groups excluding carboxylic acids is 3. The van der Waals surface area contributed by atoms with Crippen molar-refractivity contribution in [1.82, 2.24) is 19.4 Å². The first kappa shape index (κ1) is 22.5. The van der Waals surface area contributed by atoms with Crippen LogP contribution in [-0.2, 0) is 14.3 Å². The molecule has 1 aromatic heterocycles. The van der Waals surface area contributed by atoms with Crippen LogP contribution in [0.25, 0.3) is 16.7 Å². The predicted molar refractivity (Wildman–Crippen MR) is 124 cm³/mol. The lowest BCUT2D eigenvalue weighted by atomic mass is 9.98. The number of piperidine rings is 1. The molecule has 2 heterocycles. The topological polar surface area (TPSA) is 84.7 Å². The molecule has 1 unspecified atom stereocenters. The van der Waals surface area contributed by atoms with Gasteiger partial charge >= 0.3 is 5.97 Å². The molecule has 0 bridgehead atoms. The molecule has 8 heteroatoms. The minimum Gasteiger partial charge on any atom is -0.466 e. The number of likely N-dealkylation sites (N-methyl/N-ethyl adjacent to an activating group) is 1. The molecule has 172 valence electrons. The summed E-state index contributed by atoms with van der Waals surface area (Å²) in [4.78, 5) is 45.2. The van der Waals surface area contributed by atoms with Crippen LogP contribution in [0.5, 0.6) is 0 Å². The van der Waals surface area contributed by atoms with E-state index in [1.807, 2.05) is 41.0 Å². The van der Waals surface area contributed by atoms with Crippen LogP contribution in [0.15, 0.2) is 54.9 Å². The fourth-order valence-corrected chi connectivity index (χ4v) is 4.18. The summed E-state index contributed by atoms with van der Waals surface area (Å²) in [7, 11) is 1.62. The third kappa shape index (κ3) is 4.89. The number of imidazole rings is 1. The van der Waals surface area contributed by atoms with Gasteiger partial charge < -0.3 is 14.5 Å². The summed E-state index contributed by atoms with van der Waals surface area (Å²) in [6.07, 6.45) is 3.22. The van der Waals surface area contributed by atoms with E-state index in [4.69, 9.17) is 4.74 Å². The van der Waals surface area contributed by atoms with Crippen LogP contribution < -0.4 is 0 Å². The van der Waals surface area contributed by atoms with Gasteiger partial charge in [-0.05, 0) is 56.2 Å². The molecular formula is C25H28N4O4. The van der Waals surface area contributed by atoms with Crippen LogP contribution in [0, 0.1) is 5.92 Å². The number of likely N-dealkylation sites (tertiary alicyclic amines) is 1. The van der Waals surface area contributed by atoms with Crippen LogP contribution in [0.2, 0.25) is 0 Å². The van der Waals surface area contributed by atoms with Gasteiger partial charge in [0.2, 0.25) is 5.91 Å². The Balaban J connectivity index is 1.39. The summed E-state index contributed by atoms with van der Waals surface area (Å²) in [5, 5.41) is 0. The second-order valence-electron chi connectivity index (χ2n) is 8.24. The zero-order chi connectivity index (χ0) is 23.4. The molecule has 2 amide bonds. The van der Waals surface area contributed by atoms with E-state index in [1.165, 1.54) is 4.90 Å². The van der Waals surface area contributed by atoms with Gasteiger partial charge in [0.1, 0.15) is 6.33 Å². The van der Waals surface area contributed by atoms with Gasteiger partial charge in [0.25, 0.3) is 5.91 Å². The molecular weight excluding hydrogens is 420 g/mol. The van der Waals surface area contributed by atoms with Crippen LogP contribution in [0.1, 0.15) is 30.1 Å². The van der Waals surface area contributed by atoms with Crippen LogP contribution in [0.4, 0.5) is 0 Å². The Labute approximate surface area is 192 Å². The molecule has 0 radical (unpaired) electrons. The highest BCUT2D eigenvalue weighted by Gasteiger charge is 2.30. The van der Waals surface area contributed by atoms with Gasteiger partial charge in [-0.25, -0.2) is 4.98 Å². The highest BCUT2D eigenvalue weighted by Crippen LogP contribution is 2.20. The minimum atomic E-state index is -0.296. The molecule has 0 spiro atoms. The average molecular weight is 449 g/mol. The number of hydrogen-bond acceptors (Lipinski definition) is 5. The first-order valence-corrected chi connectivity index (χ1v) is 11.2. The number of aromatic nitrogens is 2. The Kier molecular flexibility index (Phi) is 6.72.